The molecule has 1 aliphatic heterocycles. The van der Waals surface area contributed by atoms with E-state index in [0.717, 1.165) is 27.8 Å². The van der Waals surface area contributed by atoms with Crippen LogP contribution in [0.4, 0.5) is 0 Å². The van der Waals surface area contributed by atoms with Crippen molar-refractivity contribution < 1.29 is 9.53 Å². The Hall–Kier alpha value is -1.85. The minimum absolute atomic E-state index is 0.172. The number of hydrogen-bond acceptors (Lipinski definition) is 3. The van der Waals surface area contributed by atoms with Gasteiger partial charge >= 0.3 is 0 Å². The molecule has 4 nitrogen and oxygen atoms in total. The van der Waals surface area contributed by atoms with Crippen molar-refractivity contribution in [3.8, 4) is 5.75 Å². The molecule has 0 saturated carbocycles. The van der Waals surface area contributed by atoms with Crippen LogP contribution >= 0.6 is 15.9 Å². The Bertz CT molecular complexity index is 728. The number of halogens is 1. The minimum atomic E-state index is -1.06. The number of rotatable bonds is 4. The van der Waals surface area contributed by atoms with E-state index in [-0.39, 0.29) is 11.8 Å². The van der Waals surface area contributed by atoms with Gasteiger partial charge in [-0.1, -0.05) is 46.3 Å². The molecule has 0 spiro atoms. The van der Waals surface area contributed by atoms with Gasteiger partial charge in [-0.25, -0.2) is 0 Å². The van der Waals surface area contributed by atoms with Gasteiger partial charge in [0.05, 0.1) is 6.61 Å². The van der Waals surface area contributed by atoms with Crippen LogP contribution in [0.3, 0.4) is 0 Å². The Kier molecular flexibility index (Phi) is 4.92. The largest absolute Gasteiger partial charge is 0.493 e. The first-order chi connectivity index (χ1) is 11.5. The number of fused-ring (bicyclic) bond motifs is 1. The first-order valence-electron chi connectivity index (χ1n) is 8.03. The highest BCUT2D eigenvalue weighted by Crippen LogP contribution is 2.33. The third kappa shape index (κ3) is 3.47. The molecule has 3 N–H and O–H groups in total. The molecule has 2 aromatic carbocycles. The number of para-hydroxylation sites is 1. The molecule has 2 unspecified atom stereocenters. The first kappa shape index (κ1) is 17.0. The second kappa shape index (κ2) is 6.95. The fourth-order valence-electron chi connectivity index (χ4n) is 2.95. The van der Waals surface area contributed by atoms with Crippen molar-refractivity contribution in [2.45, 2.75) is 24.8 Å². The van der Waals surface area contributed by atoms with E-state index in [2.05, 4.69) is 27.3 Å². The maximum absolute atomic E-state index is 12.6. The lowest BCUT2D eigenvalue weighted by Gasteiger charge is -2.29. The van der Waals surface area contributed by atoms with Gasteiger partial charge in [0.1, 0.15) is 11.3 Å². The van der Waals surface area contributed by atoms with Crippen molar-refractivity contribution >= 4 is 21.8 Å². The van der Waals surface area contributed by atoms with E-state index in [1.807, 2.05) is 42.5 Å². The summed E-state index contributed by atoms with van der Waals surface area (Å²) in [5.41, 5.74) is 7.16. The second-order valence-electron chi connectivity index (χ2n) is 6.29. The number of hydrogen-bond donors (Lipinski definition) is 2. The van der Waals surface area contributed by atoms with Crippen LogP contribution in [0.5, 0.6) is 5.75 Å². The summed E-state index contributed by atoms with van der Waals surface area (Å²) >= 11 is 3.39. The predicted molar refractivity (Wildman–Crippen MR) is 98.0 cm³/mol. The maximum Gasteiger partial charge on any atom is 0.244 e. The summed E-state index contributed by atoms with van der Waals surface area (Å²) in [5.74, 6) is 0.986. The molecule has 1 amide bonds. The third-order valence-corrected chi connectivity index (χ3v) is 5.04. The summed E-state index contributed by atoms with van der Waals surface area (Å²) in [6.07, 6.45) is 0.886. The molecule has 24 heavy (non-hydrogen) atoms. The third-order valence-electron chi connectivity index (χ3n) is 4.51. The number of carbonyl (C=O) groups excluding carboxylic acids is 1. The molecule has 0 radical (unpaired) electrons. The predicted octanol–water partition coefficient (Wildman–Crippen LogP) is 3.31. The average molecular weight is 389 g/mol. The van der Waals surface area contributed by atoms with E-state index in [1.54, 1.807) is 6.92 Å². The zero-order valence-corrected chi connectivity index (χ0v) is 15.2. The van der Waals surface area contributed by atoms with Crippen LogP contribution in [0.1, 0.15) is 30.4 Å². The van der Waals surface area contributed by atoms with Gasteiger partial charge in [0.15, 0.2) is 0 Å². The molecule has 2 aromatic rings. The Morgan fingerprint density at radius 1 is 1.29 bits per heavy atom. The number of nitrogens with one attached hydrogen (secondary N) is 1. The number of carbonyl (C=O) groups is 1. The monoisotopic (exact) mass is 388 g/mol. The van der Waals surface area contributed by atoms with Crippen LogP contribution in [-0.2, 0) is 10.3 Å². The standard InChI is InChI=1S/C19H21BrN2O2/c1-19(21,14-6-8-15(20)9-7-14)18(23)22-12-13-10-11-24-17-5-3-2-4-16(13)17/h2-9,13H,10-12,21H2,1H3,(H,22,23). The van der Waals surface area contributed by atoms with Gasteiger partial charge < -0.3 is 15.8 Å². The van der Waals surface area contributed by atoms with Gasteiger partial charge in [0, 0.05) is 16.9 Å². The molecule has 0 saturated heterocycles. The number of benzene rings is 2. The summed E-state index contributed by atoms with van der Waals surface area (Å²) in [6.45, 7) is 2.97. The molecule has 2 atom stereocenters. The molecule has 3 rings (SSSR count). The summed E-state index contributed by atoms with van der Waals surface area (Å²) < 4.78 is 6.63. The molecule has 0 aliphatic carbocycles. The fourth-order valence-corrected chi connectivity index (χ4v) is 3.22. The smallest absolute Gasteiger partial charge is 0.244 e. The van der Waals surface area contributed by atoms with Crippen LogP contribution in [0, 0.1) is 0 Å². The van der Waals surface area contributed by atoms with E-state index in [0.29, 0.717) is 13.2 Å². The second-order valence-corrected chi connectivity index (χ2v) is 7.21. The summed E-state index contributed by atoms with van der Waals surface area (Å²) in [6, 6.07) is 15.5. The van der Waals surface area contributed by atoms with Crippen molar-refractivity contribution in [2.75, 3.05) is 13.2 Å². The van der Waals surface area contributed by atoms with Gasteiger partial charge in [0.25, 0.3) is 0 Å². The maximum atomic E-state index is 12.6. The number of ether oxygens (including phenoxy) is 1. The summed E-state index contributed by atoms with van der Waals surface area (Å²) in [4.78, 5) is 12.6. The topological polar surface area (TPSA) is 64.4 Å². The van der Waals surface area contributed by atoms with Crippen molar-refractivity contribution in [3.63, 3.8) is 0 Å². The molecule has 5 heteroatoms. The van der Waals surface area contributed by atoms with Gasteiger partial charge in [-0.05, 0) is 42.7 Å². The van der Waals surface area contributed by atoms with E-state index >= 15 is 0 Å². The molecule has 0 aromatic heterocycles. The number of amides is 1. The molecular formula is C19H21BrN2O2. The number of nitrogens with two attached hydrogens (primary N) is 1. The van der Waals surface area contributed by atoms with Gasteiger partial charge in [-0.2, -0.15) is 0 Å². The minimum Gasteiger partial charge on any atom is -0.493 e. The highest BCUT2D eigenvalue weighted by molar-refractivity contribution is 9.10. The normalized spacial score (nSPS) is 18.9. The highest BCUT2D eigenvalue weighted by atomic mass is 79.9. The average Bonchev–Trinajstić information content (AvgIpc) is 2.60. The lowest BCUT2D eigenvalue weighted by molar-refractivity contribution is -0.126. The van der Waals surface area contributed by atoms with Gasteiger partial charge in [0.2, 0.25) is 5.91 Å². The Labute approximate surface area is 150 Å². The lowest BCUT2D eigenvalue weighted by Crippen LogP contribution is -2.50. The van der Waals surface area contributed by atoms with Gasteiger partial charge in [-0.3, -0.25) is 4.79 Å². The zero-order valence-electron chi connectivity index (χ0n) is 13.6. The van der Waals surface area contributed by atoms with Crippen LogP contribution in [0.25, 0.3) is 0 Å². The van der Waals surface area contributed by atoms with E-state index in [4.69, 9.17) is 10.5 Å². The van der Waals surface area contributed by atoms with Crippen molar-refractivity contribution in [2.24, 2.45) is 5.73 Å². The van der Waals surface area contributed by atoms with Crippen molar-refractivity contribution in [3.05, 3.63) is 64.1 Å². The fraction of sp³-hybridized carbons (Fsp3) is 0.316. The Morgan fingerprint density at radius 3 is 2.75 bits per heavy atom. The molecule has 126 valence electrons. The highest BCUT2D eigenvalue weighted by Gasteiger charge is 2.31. The molecule has 0 bridgehead atoms. The van der Waals surface area contributed by atoms with E-state index in [1.165, 1.54) is 0 Å². The molecule has 1 aliphatic rings. The first-order valence-corrected chi connectivity index (χ1v) is 8.83. The van der Waals surface area contributed by atoms with Crippen LogP contribution in [0.15, 0.2) is 53.0 Å². The quantitative estimate of drug-likeness (QED) is 0.844. The zero-order chi connectivity index (χ0) is 17.2. The lowest BCUT2D eigenvalue weighted by atomic mass is 9.90. The molecule has 1 heterocycles. The Morgan fingerprint density at radius 2 is 2.00 bits per heavy atom. The molecule has 0 fully saturated rings. The summed E-state index contributed by atoms with van der Waals surface area (Å²) in [5, 5.41) is 3.02. The van der Waals surface area contributed by atoms with E-state index < -0.39 is 5.54 Å². The van der Waals surface area contributed by atoms with Crippen LogP contribution in [-0.4, -0.2) is 19.1 Å². The summed E-state index contributed by atoms with van der Waals surface area (Å²) in [7, 11) is 0. The van der Waals surface area contributed by atoms with Crippen LogP contribution in [0.2, 0.25) is 0 Å². The van der Waals surface area contributed by atoms with E-state index in [9.17, 15) is 4.79 Å². The Balaban J connectivity index is 1.68. The van der Waals surface area contributed by atoms with Crippen molar-refractivity contribution in [1.29, 1.82) is 0 Å². The van der Waals surface area contributed by atoms with Gasteiger partial charge in [-0.15, -0.1) is 0 Å². The van der Waals surface area contributed by atoms with Crippen LogP contribution < -0.4 is 15.8 Å². The molecular weight excluding hydrogens is 368 g/mol. The van der Waals surface area contributed by atoms with Crippen molar-refractivity contribution in [1.82, 2.24) is 5.32 Å². The SMILES string of the molecule is CC(N)(C(=O)NCC1CCOc2ccccc21)c1ccc(Br)cc1.